The van der Waals surface area contributed by atoms with Gasteiger partial charge in [0.15, 0.2) is 0 Å². The highest BCUT2D eigenvalue weighted by Crippen LogP contribution is 1.93. The SMILES string of the molecule is Cc1cncn1CC#N. The van der Waals surface area contributed by atoms with Crippen LogP contribution in [0.25, 0.3) is 0 Å². The van der Waals surface area contributed by atoms with Gasteiger partial charge in [-0.05, 0) is 6.92 Å². The molecule has 1 heterocycles. The van der Waals surface area contributed by atoms with Crippen LogP contribution in [0.5, 0.6) is 0 Å². The summed E-state index contributed by atoms with van der Waals surface area (Å²) in [6.45, 7) is 2.32. The molecule has 0 aliphatic carbocycles. The van der Waals surface area contributed by atoms with Crippen LogP contribution in [0.2, 0.25) is 0 Å². The quantitative estimate of drug-likeness (QED) is 0.549. The first-order valence-corrected chi connectivity index (χ1v) is 2.68. The Morgan fingerprint density at radius 3 is 3.11 bits per heavy atom. The average Bonchev–Trinajstić information content (AvgIpc) is 2.18. The van der Waals surface area contributed by atoms with E-state index in [0.29, 0.717) is 6.54 Å². The molecular weight excluding hydrogens is 114 g/mol. The van der Waals surface area contributed by atoms with Gasteiger partial charge in [-0.1, -0.05) is 0 Å². The Morgan fingerprint density at radius 2 is 2.67 bits per heavy atom. The highest BCUT2D eigenvalue weighted by Gasteiger charge is 1.91. The van der Waals surface area contributed by atoms with E-state index >= 15 is 0 Å². The zero-order valence-corrected chi connectivity index (χ0v) is 5.20. The van der Waals surface area contributed by atoms with Gasteiger partial charge in [-0.2, -0.15) is 5.26 Å². The van der Waals surface area contributed by atoms with Crippen molar-refractivity contribution in [2.45, 2.75) is 13.5 Å². The molecule has 9 heavy (non-hydrogen) atoms. The summed E-state index contributed by atoms with van der Waals surface area (Å²) in [5.41, 5.74) is 1.02. The molecule has 0 atom stereocenters. The Morgan fingerprint density at radius 1 is 1.89 bits per heavy atom. The minimum atomic E-state index is 0.395. The van der Waals surface area contributed by atoms with E-state index in [4.69, 9.17) is 5.26 Å². The number of aryl methyl sites for hydroxylation is 1. The lowest BCUT2D eigenvalue weighted by Crippen LogP contribution is -1.94. The molecule has 0 unspecified atom stereocenters. The summed E-state index contributed by atoms with van der Waals surface area (Å²) in [5, 5.41) is 8.26. The Labute approximate surface area is 53.6 Å². The summed E-state index contributed by atoms with van der Waals surface area (Å²) in [6, 6.07) is 2.03. The highest BCUT2D eigenvalue weighted by atomic mass is 15.0. The first-order valence-electron chi connectivity index (χ1n) is 2.68. The highest BCUT2D eigenvalue weighted by molar-refractivity contribution is 4.96. The van der Waals surface area contributed by atoms with Crippen LogP contribution in [0, 0.1) is 18.3 Å². The van der Waals surface area contributed by atoms with E-state index in [1.54, 1.807) is 17.1 Å². The van der Waals surface area contributed by atoms with Crippen molar-refractivity contribution >= 4 is 0 Å². The third kappa shape index (κ3) is 1.08. The van der Waals surface area contributed by atoms with Crippen molar-refractivity contribution in [3.63, 3.8) is 0 Å². The van der Waals surface area contributed by atoms with Crippen LogP contribution >= 0.6 is 0 Å². The fraction of sp³-hybridized carbons (Fsp3) is 0.333. The average molecular weight is 121 g/mol. The molecule has 1 rings (SSSR count). The van der Waals surface area contributed by atoms with Gasteiger partial charge in [0, 0.05) is 11.9 Å². The van der Waals surface area contributed by atoms with E-state index in [1.165, 1.54) is 0 Å². The third-order valence-electron chi connectivity index (χ3n) is 1.16. The molecule has 1 aromatic rings. The molecule has 0 aromatic carbocycles. The number of rotatable bonds is 1. The van der Waals surface area contributed by atoms with Gasteiger partial charge in [0.2, 0.25) is 0 Å². The lowest BCUT2D eigenvalue weighted by molar-refractivity contribution is 0.800. The molecule has 0 amide bonds. The second kappa shape index (κ2) is 2.31. The molecule has 0 fully saturated rings. The number of aromatic nitrogens is 2. The lowest BCUT2D eigenvalue weighted by Gasteiger charge is -1.93. The second-order valence-electron chi connectivity index (χ2n) is 1.82. The Hall–Kier alpha value is -1.30. The standard InChI is InChI=1S/C6H7N3/c1-6-4-8-5-9(6)3-2-7/h4-5H,3H2,1H3. The van der Waals surface area contributed by atoms with E-state index in [0.717, 1.165) is 5.69 Å². The summed E-state index contributed by atoms with van der Waals surface area (Å²) in [5.74, 6) is 0. The van der Waals surface area contributed by atoms with Crippen molar-refractivity contribution < 1.29 is 0 Å². The second-order valence-corrected chi connectivity index (χ2v) is 1.82. The normalized spacial score (nSPS) is 8.89. The third-order valence-corrected chi connectivity index (χ3v) is 1.16. The van der Waals surface area contributed by atoms with Gasteiger partial charge in [0.1, 0.15) is 6.54 Å². The van der Waals surface area contributed by atoms with Crippen LogP contribution in [0.1, 0.15) is 5.69 Å². The molecule has 0 bridgehead atoms. The summed E-state index contributed by atoms with van der Waals surface area (Å²) in [7, 11) is 0. The van der Waals surface area contributed by atoms with E-state index in [1.807, 2.05) is 13.0 Å². The first-order chi connectivity index (χ1) is 4.34. The number of imidazole rings is 1. The molecule has 3 nitrogen and oxygen atoms in total. The van der Waals surface area contributed by atoms with Crippen molar-refractivity contribution in [3.05, 3.63) is 18.2 Å². The zero-order valence-electron chi connectivity index (χ0n) is 5.20. The summed E-state index contributed by atoms with van der Waals surface area (Å²) >= 11 is 0. The minimum absolute atomic E-state index is 0.395. The van der Waals surface area contributed by atoms with Crippen LogP contribution in [-0.2, 0) is 6.54 Å². The van der Waals surface area contributed by atoms with Crippen LogP contribution in [-0.4, -0.2) is 9.55 Å². The maximum absolute atomic E-state index is 8.26. The summed E-state index contributed by atoms with van der Waals surface area (Å²) in [6.07, 6.45) is 3.38. The van der Waals surface area contributed by atoms with Crippen LogP contribution in [0.15, 0.2) is 12.5 Å². The fourth-order valence-corrected chi connectivity index (χ4v) is 0.629. The van der Waals surface area contributed by atoms with Gasteiger partial charge in [-0.25, -0.2) is 4.98 Å². The van der Waals surface area contributed by atoms with Crippen LogP contribution in [0.4, 0.5) is 0 Å². The zero-order chi connectivity index (χ0) is 6.69. The molecular formula is C6H7N3. The smallest absolute Gasteiger partial charge is 0.111 e. The van der Waals surface area contributed by atoms with Gasteiger partial charge in [0.25, 0.3) is 0 Å². The molecule has 3 heteroatoms. The monoisotopic (exact) mass is 121 g/mol. The van der Waals surface area contributed by atoms with Gasteiger partial charge in [-0.15, -0.1) is 0 Å². The molecule has 0 N–H and O–H groups in total. The number of hydrogen-bond acceptors (Lipinski definition) is 2. The molecule has 0 saturated carbocycles. The van der Waals surface area contributed by atoms with Gasteiger partial charge in [-0.3, -0.25) is 0 Å². The molecule has 0 spiro atoms. The van der Waals surface area contributed by atoms with Crippen LogP contribution in [0.3, 0.4) is 0 Å². The van der Waals surface area contributed by atoms with Crippen molar-refractivity contribution in [1.29, 1.82) is 5.26 Å². The van der Waals surface area contributed by atoms with Gasteiger partial charge in [0.05, 0.1) is 12.4 Å². The van der Waals surface area contributed by atoms with Crippen molar-refractivity contribution in [2.75, 3.05) is 0 Å². The number of hydrogen-bond donors (Lipinski definition) is 0. The first kappa shape index (κ1) is 5.83. The molecule has 0 radical (unpaired) electrons. The predicted octanol–water partition coefficient (Wildman–Crippen LogP) is 0.715. The molecule has 46 valence electrons. The Balaban J connectivity index is 2.84. The minimum Gasteiger partial charge on any atom is -0.321 e. The van der Waals surface area contributed by atoms with E-state index in [-0.39, 0.29) is 0 Å². The summed E-state index contributed by atoms with van der Waals surface area (Å²) in [4.78, 5) is 3.85. The predicted molar refractivity (Wildman–Crippen MR) is 32.6 cm³/mol. The lowest BCUT2D eigenvalue weighted by atomic mass is 10.5. The van der Waals surface area contributed by atoms with Gasteiger partial charge < -0.3 is 4.57 Å². The molecule has 1 aromatic heterocycles. The topological polar surface area (TPSA) is 41.6 Å². The van der Waals surface area contributed by atoms with E-state index < -0.39 is 0 Å². The Kier molecular flexibility index (Phi) is 1.50. The number of nitrogens with zero attached hydrogens (tertiary/aromatic N) is 3. The van der Waals surface area contributed by atoms with Crippen molar-refractivity contribution in [3.8, 4) is 6.07 Å². The molecule has 0 aliphatic heterocycles. The summed E-state index contributed by atoms with van der Waals surface area (Å²) < 4.78 is 1.79. The van der Waals surface area contributed by atoms with Crippen LogP contribution < -0.4 is 0 Å². The molecule has 0 saturated heterocycles. The van der Waals surface area contributed by atoms with Crippen molar-refractivity contribution in [2.24, 2.45) is 0 Å². The van der Waals surface area contributed by atoms with E-state index in [2.05, 4.69) is 4.98 Å². The maximum atomic E-state index is 8.26. The fourth-order valence-electron chi connectivity index (χ4n) is 0.629. The Bertz CT molecular complexity index is 231. The van der Waals surface area contributed by atoms with E-state index in [9.17, 15) is 0 Å². The maximum Gasteiger partial charge on any atom is 0.111 e. The van der Waals surface area contributed by atoms with Gasteiger partial charge >= 0.3 is 0 Å². The molecule has 0 aliphatic rings. The largest absolute Gasteiger partial charge is 0.321 e. The number of nitriles is 1. The van der Waals surface area contributed by atoms with Crippen molar-refractivity contribution in [1.82, 2.24) is 9.55 Å².